The van der Waals surface area contributed by atoms with Crippen molar-refractivity contribution in [3.63, 3.8) is 0 Å². The van der Waals surface area contributed by atoms with E-state index in [0.717, 1.165) is 11.8 Å². The maximum Gasteiger partial charge on any atom is 0.277 e. The minimum atomic E-state index is -0.304. The van der Waals surface area contributed by atoms with Crippen LogP contribution in [-0.2, 0) is 4.79 Å². The van der Waals surface area contributed by atoms with Gasteiger partial charge in [-0.05, 0) is 18.2 Å². The predicted octanol–water partition coefficient (Wildman–Crippen LogP) is 3.28. The number of carbonyl (C=O) groups excluding carboxylic acids is 1. The third-order valence-corrected chi connectivity index (χ3v) is 3.53. The summed E-state index contributed by atoms with van der Waals surface area (Å²) in [6.45, 7) is 3.88. The summed E-state index contributed by atoms with van der Waals surface area (Å²) in [6.07, 6.45) is 0. The quantitative estimate of drug-likeness (QED) is 0.647. The molecule has 1 heterocycles. The van der Waals surface area contributed by atoms with Crippen molar-refractivity contribution in [1.29, 1.82) is 0 Å². The Kier molecular flexibility index (Phi) is 5.08. The van der Waals surface area contributed by atoms with Crippen LogP contribution < -0.4 is 5.32 Å². The standard InChI is InChI=1S/C13H14ClN3O3S/c1-7(2)12-16-17-13(20-12)21-6-11(19)15-9-5-8(14)3-4-10(9)18/h3-5,7,18H,6H2,1-2H3,(H,15,19). The highest BCUT2D eigenvalue weighted by Crippen LogP contribution is 2.27. The van der Waals surface area contributed by atoms with Gasteiger partial charge in [-0.1, -0.05) is 37.2 Å². The topological polar surface area (TPSA) is 88.2 Å². The zero-order valence-corrected chi connectivity index (χ0v) is 13.0. The summed E-state index contributed by atoms with van der Waals surface area (Å²) in [4.78, 5) is 11.8. The van der Waals surface area contributed by atoms with Crippen molar-refractivity contribution >= 4 is 35.0 Å². The molecule has 1 aromatic heterocycles. The largest absolute Gasteiger partial charge is 0.506 e. The lowest BCUT2D eigenvalue weighted by molar-refractivity contribution is -0.113. The van der Waals surface area contributed by atoms with E-state index in [1.165, 1.54) is 18.2 Å². The van der Waals surface area contributed by atoms with Crippen molar-refractivity contribution in [2.75, 3.05) is 11.1 Å². The summed E-state index contributed by atoms with van der Waals surface area (Å²) >= 11 is 6.93. The molecule has 0 radical (unpaired) electrons. The van der Waals surface area contributed by atoms with E-state index < -0.39 is 0 Å². The highest BCUT2D eigenvalue weighted by atomic mass is 35.5. The monoisotopic (exact) mass is 327 g/mol. The molecule has 0 saturated carbocycles. The van der Waals surface area contributed by atoms with Crippen molar-refractivity contribution < 1.29 is 14.3 Å². The second-order valence-corrected chi connectivity index (χ2v) is 5.92. The van der Waals surface area contributed by atoms with E-state index >= 15 is 0 Å². The first-order chi connectivity index (χ1) is 9.95. The SMILES string of the molecule is CC(C)c1nnc(SCC(=O)Nc2cc(Cl)ccc2O)o1. The molecular weight excluding hydrogens is 314 g/mol. The molecule has 6 nitrogen and oxygen atoms in total. The summed E-state index contributed by atoms with van der Waals surface area (Å²) in [5.74, 6) is 0.417. The van der Waals surface area contributed by atoms with Crippen LogP contribution >= 0.6 is 23.4 Å². The number of benzene rings is 1. The number of phenols is 1. The number of carbonyl (C=O) groups is 1. The molecule has 0 spiro atoms. The highest BCUT2D eigenvalue weighted by Gasteiger charge is 2.13. The lowest BCUT2D eigenvalue weighted by Gasteiger charge is -2.06. The normalized spacial score (nSPS) is 10.9. The zero-order chi connectivity index (χ0) is 15.4. The molecule has 0 unspecified atom stereocenters. The third-order valence-electron chi connectivity index (χ3n) is 2.48. The van der Waals surface area contributed by atoms with Crippen LogP contribution in [-0.4, -0.2) is 27.0 Å². The average Bonchev–Trinajstić information content (AvgIpc) is 2.90. The van der Waals surface area contributed by atoms with Gasteiger partial charge >= 0.3 is 0 Å². The molecule has 0 atom stereocenters. The molecule has 0 fully saturated rings. The first-order valence-electron chi connectivity index (χ1n) is 6.20. The number of hydrogen-bond acceptors (Lipinski definition) is 6. The van der Waals surface area contributed by atoms with Crippen LogP contribution in [0.15, 0.2) is 27.8 Å². The van der Waals surface area contributed by atoms with Gasteiger partial charge in [0.05, 0.1) is 11.4 Å². The Hall–Kier alpha value is -1.73. The van der Waals surface area contributed by atoms with Gasteiger partial charge in [0.15, 0.2) is 0 Å². The summed E-state index contributed by atoms with van der Waals surface area (Å²) < 4.78 is 5.38. The van der Waals surface area contributed by atoms with Gasteiger partial charge in [-0.25, -0.2) is 0 Å². The number of phenolic OH excluding ortho intramolecular Hbond substituents is 1. The number of rotatable bonds is 5. The van der Waals surface area contributed by atoms with E-state index in [9.17, 15) is 9.90 Å². The molecule has 112 valence electrons. The Morgan fingerprint density at radius 3 is 2.90 bits per heavy atom. The number of anilines is 1. The maximum absolute atomic E-state index is 11.8. The number of aromatic nitrogens is 2. The van der Waals surface area contributed by atoms with E-state index in [1.807, 2.05) is 13.8 Å². The lowest BCUT2D eigenvalue weighted by Crippen LogP contribution is -2.14. The van der Waals surface area contributed by atoms with Crippen LogP contribution in [0.1, 0.15) is 25.7 Å². The smallest absolute Gasteiger partial charge is 0.277 e. The second kappa shape index (κ2) is 6.82. The molecule has 2 rings (SSSR count). The molecule has 2 N–H and O–H groups in total. The van der Waals surface area contributed by atoms with Crippen LogP contribution in [0.3, 0.4) is 0 Å². The van der Waals surface area contributed by atoms with Crippen LogP contribution in [0.25, 0.3) is 0 Å². The molecule has 0 aliphatic rings. The zero-order valence-electron chi connectivity index (χ0n) is 11.5. The number of nitrogens with zero attached hydrogens (tertiary/aromatic N) is 2. The maximum atomic E-state index is 11.8. The summed E-state index contributed by atoms with van der Waals surface area (Å²) in [5.41, 5.74) is 0.265. The molecule has 8 heteroatoms. The highest BCUT2D eigenvalue weighted by molar-refractivity contribution is 7.99. The molecule has 0 aliphatic carbocycles. The van der Waals surface area contributed by atoms with Crippen molar-refractivity contribution in [2.45, 2.75) is 25.0 Å². The van der Waals surface area contributed by atoms with Crippen LogP contribution in [0.2, 0.25) is 5.02 Å². The molecule has 0 saturated heterocycles. The Bertz CT molecular complexity index is 645. The predicted molar refractivity (Wildman–Crippen MR) is 80.9 cm³/mol. The van der Waals surface area contributed by atoms with Gasteiger partial charge in [-0.2, -0.15) is 0 Å². The van der Waals surface area contributed by atoms with Crippen molar-refractivity contribution in [1.82, 2.24) is 10.2 Å². The van der Waals surface area contributed by atoms with Crippen molar-refractivity contribution in [3.8, 4) is 5.75 Å². The van der Waals surface area contributed by atoms with Crippen LogP contribution in [0, 0.1) is 0 Å². The first-order valence-corrected chi connectivity index (χ1v) is 7.56. The van der Waals surface area contributed by atoms with Crippen molar-refractivity contribution in [3.05, 3.63) is 29.1 Å². The molecule has 1 aromatic carbocycles. The van der Waals surface area contributed by atoms with Gasteiger partial charge in [0.2, 0.25) is 11.8 Å². The second-order valence-electron chi connectivity index (χ2n) is 4.56. The Morgan fingerprint density at radius 2 is 2.24 bits per heavy atom. The van der Waals surface area contributed by atoms with Gasteiger partial charge in [0, 0.05) is 10.9 Å². The van der Waals surface area contributed by atoms with Gasteiger partial charge in [-0.3, -0.25) is 4.79 Å². The lowest BCUT2D eigenvalue weighted by atomic mass is 10.2. The molecule has 21 heavy (non-hydrogen) atoms. The van der Waals surface area contributed by atoms with Gasteiger partial charge in [0.25, 0.3) is 5.22 Å². The number of aromatic hydroxyl groups is 1. The molecular formula is C13H14ClN3O3S. The van der Waals surface area contributed by atoms with Gasteiger partial charge < -0.3 is 14.8 Å². The van der Waals surface area contributed by atoms with Gasteiger partial charge in [0.1, 0.15) is 5.75 Å². The van der Waals surface area contributed by atoms with E-state index in [2.05, 4.69) is 15.5 Å². The number of halogens is 1. The summed E-state index contributed by atoms with van der Waals surface area (Å²) in [7, 11) is 0. The Balaban J connectivity index is 1.91. The third kappa shape index (κ3) is 4.37. The number of thioether (sulfide) groups is 1. The van der Waals surface area contributed by atoms with Crippen LogP contribution in [0.5, 0.6) is 5.75 Å². The van der Waals surface area contributed by atoms with E-state index in [4.69, 9.17) is 16.0 Å². The summed E-state index contributed by atoms with van der Waals surface area (Å²) in [5, 5.41) is 20.7. The minimum absolute atomic E-state index is 0.0439. The Labute approximate surface area is 130 Å². The summed E-state index contributed by atoms with van der Waals surface area (Å²) in [6, 6.07) is 4.42. The fourth-order valence-corrected chi connectivity index (χ4v) is 2.18. The number of amides is 1. The fourth-order valence-electron chi connectivity index (χ4n) is 1.43. The molecule has 0 bridgehead atoms. The fraction of sp³-hybridized carbons (Fsp3) is 0.308. The van der Waals surface area contributed by atoms with Gasteiger partial charge in [-0.15, -0.1) is 10.2 Å². The Morgan fingerprint density at radius 1 is 1.48 bits per heavy atom. The molecule has 2 aromatic rings. The van der Waals surface area contributed by atoms with Crippen molar-refractivity contribution in [2.24, 2.45) is 0 Å². The average molecular weight is 328 g/mol. The first kappa shape index (κ1) is 15.7. The van der Waals surface area contributed by atoms with E-state index in [0.29, 0.717) is 16.1 Å². The number of nitrogens with one attached hydrogen (secondary N) is 1. The molecule has 1 amide bonds. The number of hydrogen-bond donors (Lipinski definition) is 2. The minimum Gasteiger partial charge on any atom is -0.506 e. The van der Waals surface area contributed by atoms with E-state index in [-0.39, 0.29) is 29.0 Å². The van der Waals surface area contributed by atoms with Crippen LogP contribution in [0.4, 0.5) is 5.69 Å². The van der Waals surface area contributed by atoms with E-state index in [1.54, 1.807) is 0 Å². The molecule has 0 aliphatic heterocycles.